The normalized spacial score (nSPS) is 11.7. The number of anilines is 2. The van der Waals surface area contributed by atoms with Crippen LogP contribution in [0.2, 0.25) is 10.0 Å². The lowest BCUT2D eigenvalue weighted by atomic mass is 10.1. The van der Waals surface area contributed by atoms with E-state index in [1.165, 1.54) is 6.20 Å². The van der Waals surface area contributed by atoms with Crippen molar-refractivity contribution in [1.29, 1.82) is 0 Å². The number of benzene rings is 2. The molecular formula is C21H19Cl2N3O2. The molecule has 0 saturated heterocycles. The highest BCUT2D eigenvalue weighted by molar-refractivity contribution is 6.35. The van der Waals surface area contributed by atoms with Gasteiger partial charge in [-0.05, 0) is 43.2 Å². The lowest BCUT2D eigenvalue weighted by Gasteiger charge is -2.17. The summed E-state index contributed by atoms with van der Waals surface area (Å²) in [6, 6.07) is 14.3. The van der Waals surface area contributed by atoms with Gasteiger partial charge in [0.25, 0.3) is 5.91 Å². The summed E-state index contributed by atoms with van der Waals surface area (Å²) in [5.41, 5.74) is 8.59. The van der Waals surface area contributed by atoms with E-state index < -0.39 is 0 Å². The molecule has 0 aliphatic rings. The molecule has 0 fully saturated rings. The molecule has 5 nitrogen and oxygen atoms in total. The number of nitrogens with zero attached hydrogens (tertiary/aromatic N) is 1. The van der Waals surface area contributed by atoms with Crippen LogP contribution in [0.1, 0.15) is 34.5 Å². The Hall–Kier alpha value is -2.76. The fourth-order valence-electron chi connectivity index (χ4n) is 2.67. The van der Waals surface area contributed by atoms with Gasteiger partial charge in [0.1, 0.15) is 6.10 Å². The Morgan fingerprint density at radius 1 is 1.18 bits per heavy atom. The topological polar surface area (TPSA) is 77.2 Å². The molecular weight excluding hydrogens is 397 g/mol. The van der Waals surface area contributed by atoms with E-state index in [1.54, 1.807) is 24.3 Å². The first-order valence-electron chi connectivity index (χ1n) is 8.59. The first kappa shape index (κ1) is 20.0. The van der Waals surface area contributed by atoms with E-state index in [1.807, 2.05) is 38.1 Å². The van der Waals surface area contributed by atoms with Gasteiger partial charge in [-0.1, -0.05) is 47.5 Å². The molecule has 0 saturated carbocycles. The van der Waals surface area contributed by atoms with Crippen LogP contribution in [0.5, 0.6) is 5.75 Å². The Balaban J connectivity index is 1.77. The quantitative estimate of drug-likeness (QED) is 0.562. The van der Waals surface area contributed by atoms with Crippen LogP contribution in [-0.4, -0.2) is 10.9 Å². The van der Waals surface area contributed by atoms with Gasteiger partial charge in [0.2, 0.25) is 0 Å². The second kappa shape index (κ2) is 8.50. The first-order chi connectivity index (χ1) is 13.3. The lowest BCUT2D eigenvalue weighted by molar-refractivity contribution is 0.102. The third-order valence-electron chi connectivity index (χ3n) is 4.20. The zero-order valence-corrected chi connectivity index (χ0v) is 16.9. The molecule has 144 valence electrons. The van der Waals surface area contributed by atoms with Crippen molar-refractivity contribution in [2.75, 3.05) is 11.1 Å². The van der Waals surface area contributed by atoms with Gasteiger partial charge in [-0.15, -0.1) is 0 Å². The van der Waals surface area contributed by atoms with Gasteiger partial charge < -0.3 is 15.8 Å². The molecule has 1 aromatic heterocycles. The van der Waals surface area contributed by atoms with E-state index in [4.69, 9.17) is 33.7 Å². The summed E-state index contributed by atoms with van der Waals surface area (Å²) in [7, 11) is 0. The third-order valence-corrected chi connectivity index (χ3v) is 4.91. The van der Waals surface area contributed by atoms with Gasteiger partial charge in [0.05, 0.1) is 15.6 Å². The van der Waals surface area contributed by atoms with Gasteiger partial charge in [0.15, 0.2) is 11.6 Å². The number of nitrogen functional groups attached to an aromatic ring is 1. The number of nitrogens with two attached hydrogens (primary N) is 1. The van der Waals surface area contributed by atoms with Crippen molar-refractivity contribution in [1.82, 2.24) is 4.98 Å². The summed E-state index contributed by atoms with van der Waals surface area (Å²) >= 11 is 12.2. The van der Waals surface area contributed by atoms with Crippen LogP contribution in [0.3, 0.4) is 0 Å². The number of pyridine rings is 1. The Bertz CT molecular complexity index is 1020. The molecule has 0 spiro atoms. The molecule has 7 heteroatoms. The number of nitrogens with one attached hydrogen (secondary N) is 1. The second-order valence-corrected chi connectivity index (χ2v) is 7.13. The van der Waals surface area contributed by atoms with E-state index in [0.717, 1.165) is 11.1 Å². The highest BCUT2D eigenvalue weighted by atomic mass is 35.5. The highest BCUT2D eigenvalue weighted by Crippen LogP contribution is 2.29. The number of hydrogen-bond donors (Lipinski definition) is 2. The molecule has 1 amide bonds. The average molecular weight is 416 g/mol. The standard InChI is InChI=1S/C21H19Cl2N3O2/c1-12-5-3-8-17(19(12)23)21(27)26-16-7-4-6-14(9-16)13(2)28-18-10-15(22)11-25-20(18)24/h3-11,13H,1-2H3,(H2,24,25)(H,26,27). The number of aromatic nitrogens is 1. The summed E-state index contributed by atoms with van der Waals surface area (Å²) in [4.78, 5) is 16.6. The summed E-state index contributed by atoms with van der Waals surface area (Å²) in [5.74, 6) is 0.387. The van der Waals surface area contributed by atoms with Crippen LogP contribution < -0.4 is 15.8 Å². The smallest absolute Gasteiger partial charge is 0.257 e. The van der Waals surface area contributed by atoms with Crippen LogP contribution in [0, 0.1) is 6.92 Å². The Morgan fingerprint density at radius 2 is 1.93 bits per heavy atom. The average Bonchev–Trinajstić information content (AvgIpc) is 2.67. The van der Waals surface area contributed by atoms with Gasteiger partial charge in [-0.25, -0.2) is 4.98 Å². The Morgan fingerprint density at radius 3 is 2.71 bits per heavy atom. The van der Waals surface area contributed by atoms with Crippen LogP contribution in [0.4, 0.5) is 11.5 Å². The lowest BCUT2D eigenvalue weighted by Crippen LogP contribution is -2.13. The molecule has 0 bridgehead atoms. The van der Waals surface area contributed by atoms with Gasteiger partial charge in [-0.3, -0.25) is 4.79 Å². The number of carbonyl (C=O) groups excluding carboxylic acids is 1. The van der Waals surface area contributed by atoms with Gasteiger partial charge in [-0.2, -0.15) is 0 Å². The monoisotopic (exact) mass is 415 g/mol. The number of aryl methyl sites for hydroxylation is 1. The van der Waals surface area contributed by atoms with Crippen LogP contribution in [-0.2, 0) is 0 Å². The van der Waals surface area contributed by atoms with E-state index in [9.17, 15) is 4.79 Å². The van der Waals surface area contributed by atoms with E-state index in [2.05, 4.69) is 10.3 Å². The summed E-state index contributed by atoms with van der Waals surface area (Å²) in [6.45, 7) is 3.73. The minimum atomic E-state index is -0.332. The third kappa shape index (κ3) is 4.55. The molecule has 1 unspecified atom stereocenters. The fraction of sp³-hybridized carbons (Fsp3) is 0.143. The van der Waals surface area contributed by atoms with Gasteiger partial charge in [0, 0.05) is 18.0 Å². The molecule has 1 atom stereocenters. The van der Waals surface area contributed by atoms with Crippen molar-refractivity contribution in [3.8, 4) is 5.75 Å². The largest absolute Gasteiger partial charge is 0.482 e. The predicted molar refractivity (Wildman–Crippen MR) is 113 cm³/mol. The zero-order chi connectivity index (χ0) is 20.3. The number of halogens is 2. The SMILES string of the molecule is Cc1cccc(C(=O)Nc2cccc(C(C)Oc3cc(Cl)cnc3N)c2)c1Cl. The van der Waals surface area contributed by atoms with Crippen LogP contribution in [0.15, 0.2) is 54.7 Å². The number of rotatable bonds is 5. The first-order valence-corrected chi connectivity index (χ1v) is 9.35. The Labute approximate surface area is 173 Å². The Kier molecular flexibility index (Phi) is 6.07. The van der Waals surface area contributed by atoms with Crippen LogP contribution >= 0.6 is 23.2 Å². The van der Waals surface area contributed by atoms with Gasteiger partial charge >= 0.3 is 0 Å². The number of amides is 1. The molecule has 1 heterocycles. The molecule has 3 N–H and O–H groups in total. The van der Waals surface area contributed by atoms with Crippen molar-refractivity contribution in [2.24, 2.45) is 0 Å². The maximum Gasteiger partial charge on any atom is 0.257 e. The molecule has 3 rings (SSSR count). The van der Waals surface area contributed by atoms with E-state index in [0.29, 0.717) is 27.0 Å². The zero-order valence-electron chi connectivity index (χ0n) is 15.4. The van der Waals surface area contributed by atoms with Crippen molar-refractivity contribution >= 4 is 40.6 Å². The maximum atomic E-state index is 12.6. The van der Waals surface area contributed by atoms with Crippen LogP contribution in [0.25, 0.3) is 0 Å². The molecule has 28 heavy (non-hydrogen) atoms. The maximum absolute atomic E-state index is 12.6. The number of carbonyl (C=O) groups is 1. The molecule has 0 aliphatic heterocycles. The fourth-order valence-corrected chi connectivity index (χ4v) is 3.03. The summed E-state index contributed by atoms with van der Waals surface area (Å²) < 4.78 is 5.89. The van der Waals surface area contributed by atoms with Crippen molar-refractivity contribution < 1.29 is 9.53 Å². The van der Waals surface area contributed by atoms with Crippen molar-refractivity contribution in [2.45, 2.75) is 20.0 Å². The minimum absolute atomic E-state index is 0.259. The minimum Gasteiger partial charge on any atom is -0.482 e. The summed E-state index contributed by atoms with van der Waals surface area (Å²) in [6.07, 6.45) is 1.13. The molecule has 0 radical (unpaired) electrons. The second-order valence-electron chi connectivity index (χ2n) is 6.31. The van der Waals surface area contributed by atoms with E-state index >= 15 is 0 Å². The molecule has 0 aliphatic carbocycles. The van der Waals surface area contributed by atoms with E-state index in [-0.39, 0.29) is 17.8 Å². The van der Waals surface area contributed by atoms with Crippen molar-refractivity contribution in [3.63, 3.8) is 0 Å². The molecule has 3 aromatic rings. The predicted octanol–water partition coefficient (Wildman–Crippen LogP) is 5.67. The summed E-state index contributed by atoms with van der Waals surface area (Å²) in [5, 5.41) is 3.75. The highest BCUT2D eigenvalue weighted by Gasteiger charge is 2.14. The number of ether oxygens (including phenoxy) is 1. The van der Waals surface area contributed by atoms with Crippen molar-refractivity contribution in [3.05, 3.63) is 81.5 Å². The number of hydrogen-bond acceptors (Lipinski definition) is 4. The molecule has 2 aromatic carbocycles.